The number of nitrogens with one attached hydrogen (secondary N) is 1. The summed E-state index contributed by atoms with van der Waals surface area (Å²) in [6.45, 7) is 6.20. The number of hydrogen-bond acceptors (Lipinski definition) is 6. The van der Waals surface area contributed by atoms with Crippen LogP contribution in [0.5, 0.6) is 5.88 Å². The van der Waals surface area contributed by atoms with E-state index in [0.29, 0.717) is 34.3 Å². The molecule has 2 aromatic rings. The Morgan fingerprint density at radius 3 is 2.65 bits per heavy atom. The lowest BCUT2D eigenvalue weighted by Gasteiger charge is -2.29. The molecule has 1 saturated heterocycles. The lowest BCUT2D eigenvalue weighted by atomic mass is 9.83. The molecule has 8 heteroatoms. The molecule has 2 aliphatic rings. The molecule has 1 aromatic carbocycles. The fraction of sp³-hybridized carbons (Fsp3) is 0.435. The molecule has 1 fully saturated rings. The number of allylic oxidation sites excluding steroid dienone is 1. The average Bonchev–Trinajstić information content (AvgIpc) is 2.74. The molecule has 0 radical (unpaired) electrons. The van der Waals surface area contributed by atoms with Crippen LogP contribution in [0.3, 0.4) is 0 Å². The maximum absolute atomic E-state index is 13.2. The summed E-state index contributed by atoms with van der Waals surface area (Å²) in [5.74, 6) is 0.0183. The second-order valence-corrected chi connectivity index (χ2v) is 8.28. The molecule has 31 heavy (non-hydrogen) atoms. The highest BCUT2D eigenvalue weighted by atomic mass is 35.5. The first-order chi connectivity index (χ1) is 15.0. The van der Waals surface area contributed by atoms with Crippen molar-refractivity contribution in [3.8, 4) is 5.88 Å². The summed E-state index contributed by atoms with van der Waals surface area (Å²) in [6.07, 6.45) is 3.53. The van der Waals surface area contributed by atoms with Crippen molar-refractivity contribution in [2.45, 2.75) is 45.6 Å². The maximum Gasteiger partial charge on any atom is 0.338 e. The van der Waals surface area contributed by atoms with Crippen molar-refractivity contribution >= 4 is 17.6 Å². The molecule has 0 saturated carbocycles. The zero-order chi connectivity index (χ0) is 22.0. The highest BCUT2D eigenvalue weighted by molar-refractivity contribution is 6.30. The molecule has 1 atom stereocenters. The van der Waals surface area contributed by atoms with Gasteiger partial charge in [0.2, 0.25) is 5.88 Å². The molecule has 7 nitrogen and oxygen atoms in total. The number of carbonyl (C=O) groups excluding carboxylic acids is 1. The molecule has 0 amide bonds. The predicted octanol–water partition coefficient (Wildman–Crippen LogP) is 3.77. The molecule has 3 heterocycles. The molecule has 164 valence electrons. The molecule has 0 aliphatic carbocycles. The van der Waals surface area contributed by atoms with Crippen molar-refractivity contribution in [3.63, 3.8) is 0 Å². The van der Waals surface area contributed by atoms with Gasteiger partial charge in [0.05, 0.1) is 30.2 Å². The van der Waals surface area contributed by atoms with Gasteiger partial charge in [0, 0.05) is 5.02 Å². The van der Waals surface area contributed by atoms with Crippen molar-refractivity contribution in [1.82, 2.24) is 14.9 Å². The minimum atomic E-state index is -0.652. The minimum absolute atomic E-state index is 0.221. The number of fused-ring (bicyclic) bond motifs is 1. The molecule has 0 bridgehead atoms. The van der Waals surface area contributed by atoms with E-state index in [0.717, 1.165) is 31.5 Å². The van der Waals surface area contributed by atoms with E-state index in [1.807, 2.05) is 0 Å². The molecule has 0 spiro atoms. The fourth-order valence-electron chi connectivity index (χ4n) is 4.25. The standard InChI is InChI=1S/C23H26ClN3O4/c1-3-30-23(29)18-14(2)31-22-20(19(18)15-7-9-16(24)10-8-15)21(28)25-17(26-22)13-27-11-5-4-6-12-27/h7-10,19H,3-6,11-13H2,1-2H3,(H,25,26,28). The van der Waals surface area contributed by atoms with Gasteiger partial charge in [0.15, 0.2) is 0 Å². The third kappa shape index (κ3) is 4.52. The van der Waals surface area contributed by atoms with Crippen LogP contribution in [0, 0.1) is 0 Å². The Bertz CT molecular complexity index is 1060. The van der Waals surface area contributed by atoms with Gasteiger partial charge in [-0.25, -0.2) is 4.79 Å². The summed E-state index contributed by atoms with van der Waals surface area (Å²) in [4.78, 5) is 35.8. The average molecular weight is 444 g/mol. The van der Waals surface area contributed by atoms with E-state index >= 15 is 0 Å². The number of benzene rings is 1. The third-order valence-electron chi connectivity index (χ3n) is 5.70. The maximum atomic E-state index is 13.2. The van der Waals surface area contributed by atoms with Gasteiger partial charge in [-0.3, -0.25) is 9.69 Å². The first-order valence-corrected chi connectivity index (χ1v) is 11.0. The highest BCUT2D eigenvalue weighted by Gasteiger charge is 2.38. The van der Waals surface area contributed by atoms with Gasteiger partial charge < -0.3 is 14.5 Å². The van der Waals surface area contributed by atoms with Crippen molar-refractivity contribution in [3.05, 3.63) is 67.9 Å². The number of ether oxygens (including phenoxy) is 2. The first-order valence-electron chi connectivity index (χ1n) is 10.6. The monoisotopic (exact) mass is 443 g/mol. The van der Waals surface area contributed by atoms with Crippen LogP contribution >= 0.6 is 11.6 Å². The summed E-state index contributed by atoms with van der Waals surface area (Å²) >= 11 is 6.06. The molecule has 1 N–H and O–H groups in total. The van der Waals surface area contributed by atoms with Gasteiger partial charge >= 0.3 is 5.97 Å². The molecule has 2 aliphatic heterocycles. The quantitative estimate of drug-likeness (QED) is 0.708. The van der Waals surface area contributed by atoms with E-state index in [2.05, 4.69) is 14.9 Å². The second-order valence-electron chi connectivity index (χ2n) is 7.85. The molecule has 1 aromatic heterocycles. The van der Waals surface area contributed by atoms with E-state index in [1.165, 1.54) is 6.42 Å². The largest absolute Gasteiger partial charge is 0.463 e. The van der Waals surface area contributed by atoms with Crippen LogP contribution in [0.1, 0.15) is 56.0 Å². The van der Waals surface area contributed by atoms with Crippen molar-refractivity contribution in [2.75, 3.05) is 19.7 Å². The van der Waals surface area contributed by atoms with Crippen molar-refractivity contribution in [1.29, 1.82) is 0 Å². The van der Waals surface area contributed by atoms with Gasteiger partial charge in [-0.15, -0.1) is 0 Å². The van der Waals surface area contributed by atoms with E-state index in [9.17, 15) is 9.59 Å². The van der Waals surface area contributed by atoms with Crippen LogP contribution in [0.4, 0.5) is 0 Å². The highest BCUT2D eigenvalue weighted by Crippen LogP contribution is 2.41. The van der Waals surface area contributed by atoms with Crippen LogP contribution in [0.15, 0.2) is 40.4 Å². The zero-order valence-electron chi connectivity index (χ0n) is 17.7. The Morgan fingerprint density at radius 1 is 1.26 bits per heavy atom. The van der Waals surface area contributed by atoms with Gasteiger partial charge in [-0.05, 0) is 57.5 Å². The second kappa shape index (κ2) is 9.24. The van der Waals surface area contributed by atoms with E-state index in [1.54, 1.807) is 38.1 Å². The predicted molar refractivity (Wildman–Crippen MR) is 117 cm³/mol. The smallest absolute Gasteiger partial charge is 0.338 e. The van der Waals surface area contributed by atoms with E-state index in [-0.39, 0.29) is 18.0 Å². The number of carbonyl (C=O) groups is 1. The van der Waals surface area contributed by atoms with Crippen LogP contribution in [0.25, 0.3) is 0 Å². The molecular weight excluding hydrogens is 418 g/mol. The number of piperidine rings is 1. The number of esters is 1. The van der Waals surface area contributed by atoms with Crippen molar-refractivity contribution < 1.29 is 14.3 Å². The summed E-state index contributed by atoms with van der Waals surface area (Å²) in [5, 5.41) is 0.568. The summed E-state index contributed by atoms with van der Waals surface area (Å²) < 4.78 is 11.2. The van der Waals surface area contributed by atoms with E-state index in [4.69, 9.17) is 21.1 Å². The van der Waals surface area contributed by atoms with Crippen LogP contribution in [-0.2, 0) is 16.1 Å². The number of hydrogen-bond donors (Lipinski definition) is 1. The number of aromatic amines is 1. The SMILES string of the molecule is CCOC(=O)C1=C(C)Oc2nc(CN3CCCCC3)[nH]c(=O)c2C1c1ccc(Cl)cc1. The zero-order valence-corrected chi connectivity index (χ0v) is 18.5. The minimum Gasteiger partial charge on any atom is -0.463 e. The first kappa shape index (κ1) is 21.6. The Kier molecular flexibility index (Phi) is 6.43. The number of H-pyrrole nitrogens is 1. The number of likely N-dealkylation sites (tertiary alicyclic amines) is 1. The number of aromatic nitrogens is 2. The van der Waals surface area contributed by atoms with Crippen LogP contribution in [-0.4, -0.2) is 40.5 Å². The topological polar surface area (TPSA) is 84.5 Å². The van der Waals surface area contributed by atoms with Gasteiger partial charge in [0.1, 0.15) is 11.6 Å². The molecule has 1 unspecified atom stereocenters. The Balaban J connectivity index is 1.78. The van der Waals surface area contributed by atoms with E-state index < -0.39 is 11.9 Å². The van der Waals surface area contributed by atoms with Gasteiger partial charge in [0.25, 0.3) is 5.56 Å². The number of nitrogens with zero attached hydrogens (tertiary/aromatic N) is 2. The Hall–Kier alpha value is -2.64. The van der Waals surface area contributed by atoms with Gasteiger partial charge in [-0.1, -0.05) is 30.2 Å². The molecular formula is C23H26ClN3O4. The number of halogens is 1. The van der Waals surface area contributed by atoms with Crippen LogP contribution in [0.2, 0.25) is 5.02 Å². The summed E-state index contributed by atoms with van der Waals surface area (Å²) in [6, 6.07) is 7.07. The lowest BCUT2D eigenvalue weighted by molar-refractivity contribution is -0.139. The summed E-state index contributed by atoms with van der Waals surface area (Å²) in [5.41, 5.74) is 1.03. The summed E-state index contributed by atoms with van der Waals surface area (Å²) in [7, 11) is 0. The van der Waals surface area contributed by atoms with Gasteiger partial charge in [-0.2, -0.15) is 4.98 Å². The lowest BCUT2D eigenvalue weighted by Crippen LogP contribution is -2.33. The number of rotatable bonds is 5. The van der Waals surface area contributed by atoms with Crippen molar-refractivity contribution in [2.24, 2.45) is 0 Å². The molecule has 4 rings (SSSR count). The third-order valence-corrected chi connectivity index (χ3v) is 5.95. The fourth-order valence-corrected chi connectivity index (χ4v) is 4.38. The Morgan fingerprint density at radius 2 is 1.97 bits per heavy atom. The normalized spacial score (nSPS) is 19.0. The van der Waals surface area contributed by atoms with Crippen LogP contribution < -0.4 is 10.3 Å². The Labute approximate surface area is 186 Å².